The lowest BCUT2D eigenvalue weighted by atomic mass is 9.91. The lowest BCUT2D eigenvalue weighted by Gasteiger charge is -2.13. The van der Waals surface area contributed by atoms with Crippen LogP contribution in [0.25, 0.3) is 0 Å². The summed E-state index contributed by atoms with van der Waals surface area (Å²) in [4.78, 5) is 0. The van der Waals surface area contributed by atoms with Crippen molar-refractivity contribution in [2.75, 3.05) is 0 Å². The summed E-state index contributed by atoms with van der Waals surface area (Å²) in [6.45, 7) is 2.17. The van der Waals surface area contributed by atoms with Crippen molar-refractivity contribution in [2.45, 2.75) is 26.2 Å². The van der Waals surface area contributed by atoms with E-state index < -0.39 is 0 Å². The molecule has 1 aliphatic carbocycles. The highest BCUT2D eigenvalue weighted by Crippen LogP contribution is 2.21. The molecule has 0 spiro atoms. The average molecular weight is 120 g/mol. The van der Waals surface area contributed by atoms with Crippen LogP contribution in [0, 0.1) is 18.3 Å². The van der Waals surface area contributed by atoms with E-state index in [4.69, 9.17) is 6.42 Å². The van der Waals surface area contributed by atoms with Crippen LogP contribution in [0.15, 0.2) is 11.6 Å². The molecule has 0 amide bonds. The highest BCUT2D eigenvalue weighted by molar-refractivity contribution is 5.08. The molecule has 0 N–H and O–H groups in total. The highest BCUT2D eigenvalue weighted by atomic mass is 14.1. The Morgan fingerprint density at radius 2 is 2.56 bits per heavy atom. The largest absolute Gasteiger partial charge is 0.120 e. The molecule has 0 aliphatic heterocycles. The van der Waals surface area contributed by atoms with Crippen molar-refractivity contribution < 1.29 is 0 Å². The SMILES string of the molecule is C#CC1CC=C(C)CC1. The molecule has 0 nitrogen and oxygen atoms in total. The first-order valence-electron chi connectivity index (χ1n) is 3.44. The van der Waals surface area contributed by atoms with Gasteiger partial charge in [-0.2, -0.15) is 0 Å². The van der Waals surface area contributed by atoms with Crippen LogP contribution < -0.4 is 0 Å². The van der Waals surface area contributed by atoms with Crippen LogP contribution in [-0.4, -0.2) is 0 Å². The van der Waals surface area contributed by atoms with Crippen molar-refractivity contribution in [3.8, 4) is 12.3 Å². The predicted octanol–water partition coefficient (Wildman–Crippen LogP) is 2.37. The Morgan fingerprint density at radius 1 is 1.78 bits per heavy atom. The molecule has 0 aromatic rings. The van der Waals surface area contributed by atoms with Gasteiger partial charge in [-0.25, -0.2) is 0 Å². The van der Waals surface area contributed by atoms with Crippen molar-refractivity contribution in [2.24, 2.45) is 5.92 Å². The molecule has 1 rings (SSSR count). The number of hydrogen-bond acceptors (Lipinski definition) is 0. The maximum atomic E-state index is 5.27. The zero-order valence-corrected chi connectivity index (χ0v) is 5.85. The normalized spacial score (nSPS) is 26.7. The molecule has 0 bridgehead atoms. The van der Waals surface area contributed by atoms with Gasteiger partial charge in [-0.05, 0) is 26.2 Å². The highest BCUT2D eigenvalue weighted by Gasteiger charge is 2.07. The number of allylic oxidation sites excluding steroid dienone is 2. The summed E-state index contributed by atoms with van der Waals surface area (Å²) in [7, 11) is 0. The Kier molecular flexibility index (Phi) is 1.95. The maximum absolute atomic E-state index is 5.27. The van der Waals surface area contributed by atoms with Gasteiger partial charge in [-0.15, -0.1) is 12.3 Å². The van der Waals surface area contributed by atoms with Gasteiger partial charge >= 0.3 is 0 Å². The van der Waals surface area contributed by atoms with Gasteiger partial charge in [-0.3, -0.25) is 0 Å². The van der Waals surface area contributed by atoms with E-state index in [1.165, 1.54) is 18.4 Å². The molecule has 9 heavy (non-hydrogen) atoms. The van der Waals surface area contributed by atoms with Crippen molar-refractivity contribution >= 4 is 0 Å². The minimum atomic E-state index is 0.522. The molecule has 48 valence electrons. The summed E-state index contributed by atoms with van der Waals surface area (Å²) < 4.78 is 0. The molecule has 0 heteroatoms. The molecule has 1 unspecified atom stereocenters. The molecule has 1 atom stereocenters. The van der Waals surface area contributed by atoms with Gasteiger partial charge in [0.25, 0.3) is 0 Å². The van der Waals surface area contributed by atoms with Crippen LogP contribution in [0.1, 0.15) is 26.2 Å². The summed E-state index contributed by atoms with van der Waals surface area (Å²) in [6, 6.07) is 0. The summed E-state index contributed by atoms with van der Waals surface area (Å²) in [6.07, 6.45) is 11.0. The summed E-state index contributed by atoms with van der Waals surface area (Å²) >= 11 is 0. The Labute approximate surface area is 57.0 Å². The first-order valence-corrected chi connectivity index (χ1v) is 3.44. The standard InChI is InChI=1S/C9H12/c1-3-9-6-4-8(2)5-7-9/h1,4,9H,5-7H2,2H3. The fourth-order valence-electron chi connectivity index (χ4n) is 1.12. The maximum Gasteiger partial charge on any atom is 0.0237 e. The molecular formula is C9H12. The number of terminal acetylenes is 1. The van der Waals surface area contributed by atoms with Crippen LogP contribution in [0.2, 0.25) is 0 Å². The summed E-state index contributed by atoms with van der Waals surface area (Å²) in [5.74, 6) is 3.30. The molecule has 0 heterocycles. The topological polar surface area (TPSA) is 0 Å². The molecule has 0 saturated heterocycles. The average Bonchev–Trinajstić information content (AvgIpc) is 1.90. The first kappa shape index (κ1) is 6.42. The smallest absolute Gasteiger partial charge is 0.0237 e. The molecule has 0 saturated carbocycles. The third-order valence-corrected chi connectivity index (χ3v) is 1.87. The summed E-state index contributed by atoms with van der Waals surface area (Å²) in [5, 5.41) is 0. The van der Waals surface area contributed by atoms with E-state index in [1.54, 1.807) is 0 Å². The van der Waals surface area contributed by atoms with E-state index in [1.807, 2.05) is 0 Å². The van der Waals surface area contributed by atoms with Crippen molar-refractivity contribution in [3.05, 3.63) is 11.6 Å². The van der Waals surface area contributed by atoms with Gasteiger partial charge in [0.15, 0.2) is 0 Å². The molecule has 0 fully saturated rings. The number of hydrogen-bond donors (Lipinski definition) is 0. The monoisotopic (exact) mass is 120 g/mol. The van der Waals surface area contributed by atoms with Gasteiger partial charge in [0, 0.05) is 5.92 Å². The third-order valence-electron chi connectivity index (χ3n) is 1.87. The zero-order chi connectivity index (χ0) is 6.69. The predicted molar refractivity (Wildman–Crippen MR) is 39.9 cm³/mol. The first-order chi connectivity index (χ1) is 4.33. The molecule has 0 aromatic heterocycles. The number of rotatable bonds is 0. The quantitative estimate of drug-likeness (QED) is 0.340. The van der Waals surface area contributed by atoms with Crippen LogP contribution in [0.3, 0.4) is 0 Å². The van der Waals surface area contributed by atoms with E-state index in [-0.39, 0.29) is 0 Å². The molecule has 0 aromatic carbocycles. The van der Waals surface area contributed by atoms with Gasteiger partial charge in [-0.1, -0.05) is 11.6 Å². The molecule has 1 aliphatic rings. The Balaban J connectivity index is 2.48. The molecule has 0 radical (unpaired) electrons. The lowest BCUT2D eigenvalue weighted by molar-refractivity contribution is 0.586. The third kappa shape index (κ3) is 1.61. The van der Waals surface area contributed by atoms with Crippen molar-refractivity contribution in [3.63, 3.8) is 0 Å². The fourth-order valence-corrected chi connectivity index (χ4v) is 1.12. The minimum absolute atomic E-state index is 0.522. The second-order valence-corrected chi connectivity index (χ2v) is 2.69. The van der Waals surface area contributed by atoms with Gasteiger partial charge in [0.05, 0.1) is 0 Å². The minimum Gasteiger partial charge on any atom is -0.120 e. The second kappa shape index (κ2) is 2.73. The van der Waals surface area contributed by atoms with Crippen LogP contribution in [-0.2, 0) is 0 Å². The van der Waals surface area contributed by atoms with E-state index in [2.05, 4.69) is 18.9 Å². The van der Waals surface area contributed by atoms with E-state index in [0.29, 0.717) is 5.92 Å². The Bertz CT molecular complexity index is 157. The van der Waals surface area contributed by atoms with E-state index in [9.17, 15) is 0 Å². The van der Waals surface area contributed by atoms with Gasteiger partial charge in [0.2, 0.25) is 0 Å². The van der Waals surface area contributed by atoms with Gasteiger partial charge in [0.1, 0.15) is 0 Å². The second-order valence-electron chi connectivity index (χ2n) is 2.69. The van der Waals surface area contributed by atoms with Crippen LogP contribution in [0.4, 0.5) is 0 Å². The van der Waals surface area contributed by atoms with Crippen LogP contribution in [0.5, 0.6) is 0 Å². The molecular weight excluding hydrogens is 108 g/mol. The zero-order valence-electron chi connectivity index (χ0n) is 5.85. The Morgan fingerprint density at radius 3 is 3.00 bits per heavy atom. The van der Waals surface area contributed by atoms with Crippen molar-refractivity contribution in [1.82, 2.24) is 0 Å². The summed E-state index contributed by atoms with van der Waals surface area (Å²) in [5.41, 5.74) is 1.50. The van der Waals surface area contributed by atoms with Gasteiger partial charge < -0.3 is 0 Å². The lowest BCUT2D eigenvalue weighted by Crippen LogP contribution is -2.00. The fraction of sp³-hybridized carbons (Fsp3) is 0.556. The van der Waals surface area contributed by atoms with Crippen LogP contribution >= 0.6 is 0 Å². The van der Waals surface area contributed by atoms with Crippen molar-refractivity contribution in [1.29, 1.82) is 0 Å². The Hall–Kier alpha value is -0.700. The van der Waals surface area contributed by atoms with E-state index in [0.717, 1.165) is 6.42 Å². The van der Waals surface area contributed by atoms with E-state index >= 15 is 0 Å².